The molecule has 0 aromatic heterocycles. The summed E-state index contributed by atoms with van der Waals surface area (Å²) < 4.78 is 66.0. The van der Waals surface area contributed by atoms with Crippen molar-refractivity contribution in [2.45, 2.75) is 6.42 Å². The average Bonchev–Trinajstić information content (AvgIpc) is 2.60. The summed E-state index contributed by atoms with van der Waals surface area (Å²) in [6.07, 6.45) is 4.79. The molecule has 0 saturated heterocycles. The second kappa shape index (κ2) is 4.83. The van der Waals surface area contributed by atoms with Gasteiger partial charge in [0.05, 0.1) is 0 Å². The normalized spacial score (nSPS) is 15.0. The molecule has 0 aliphatic carbocycles. The maximum Gasteiger partial charge on any atom is 0.235 e. The van der Waals surface area contributed by atoms with E-state index in [0.717, 1.165) is 6.20 Å². The van der Waals surface area contributed by atoms with Crippen LogP contribution in [0.25, 0.3) is 0 Å². The smallest absolute Gasteiger partial charge is 0.235 e. The summed E-state index contributed by atoms with van der Waals surface area (Å²) in [5.74, 6) is -11.3. The molecule has 19 heavy (non-hydrogen) atoms. The van der Waals surface area contributed by atoms with E-state index in [2.05, 4.69) is 0 Å². The monoisotopic (exact) mass is 275 g/mol. The average molecular weight is 275 g/mol. The Kier molecular flexibility index (Phi) is 3.37. The van der Waals surface area contributed by atoms with Gasteiger partial charge in [0.15, 0.2) is 23.3 Å². The fourth-order valence-electron chi connectivity index (χ4n) is 1.57. The van der Waals surface area contributed by atoms with Crippen LogP contribution in [0.15, 0.2) is 24.4 Å². The van der Waals surface area contributed by atoms with Gasteiger partial charge < -0.3 is 0 Å². The number of benzene rings is 1. The van der Waals surface area contributed by atoms with Crippen LogP contribution >= 0.6 is 0 Å². The number of hydrogen-bond acceptors (Lipinski definition) is 1. The van der Waals surface area contributed by atoms with Gasteiger partial charge in [0, 0.05) is 12.6 Å². The van der Waals surface area contributed by atoms with Crippen molar-refractivity contribution in [3.05, 3.63) is 53.5 Å². The molecule has 1 aromatic rings. The number of carbonyl (C=O) groups is 1. The fraction of sp³-hybridized carbons (Fsp3) is 0.0833. The van der Waals surface area contributed by atoms with E-state index in [0.29, 0.717) is 4.90 Å². The molecule has 0 N–H and O–H groups in total. The third kappa shape index (κ3) is 2.11. The highest BCUT2D eigenvalue weighted by Crippen LogP contribution is 2.31. The van der Waals surface area contributed by atoms with Gasteiger partial charge in [-0.3, -0.25) is 9.69 Å². The Morgan fingerprint density at radius 1 is 0.842 bits per heavy atom. The van der Waals surface area contributed by atoms with Crippen LogP contribution < -0.4 is 4.90 Å². The zero-order valence-corrected chi connectivity index (χ0v) is 9.26. The topological polar surface area (TPSA) is 20.3 Å². The predicted molar refractivity (Wildman–Crippen MR) is 56.6 cm³/mol. The molecule has 7 heteroatoms. The highest BCUT2D eigenvalue weighted by Gasteiger charge is 2.30. The van der Waals surface area contributed by atoms with E-state index in [4.69, 9.17) is 0 Å². The van der Waals surface area contributed by atoms with E-state index in [9.17, 15) is 26.7 Å². The van der Waals surface area contributed by atoms with Crippen LogP contribution in [-0.4, -0.2) is 5.91 Å². The number of rotatable bonds is 1. The van der Waals surface area contributed by atoms with Crippen LogP contribution in [0, 0.1) is 29.1 Å². The Morgan fingerprint density at radius 3 is 1.95 bits per heavy atom. The number of carbonyl (C=O) groups excluding carboxylic acids is 1. The van der Waals surface area contributed by atoms with E-state index in [1.165, 1.54) is 18.2 Å². The zero-order valence-electron chi connectivity index (χ0n) is 9.26. The Labute approximate surface area is 104 Å². The lowest BCUT2D eigenvalue weighted by Crippen LogP contribution is -2.27. The second-order valence-electron chi connectivity index (χ2n) is 3.66. The first-order chi connectivity index (χ1) is 8.95. The summed E-state index contributed by atoms with van der Waals surface area (Å²) in [6.45, 7) is 0. The first-order valence-corrected chi connectivity index (χ1v) is 5.12. The van der Waals surface area contributed by atoms with Crippen LogP contribution in [0.5, 0.6) is 0 Å². The first kappa shape index (κ1) is 13.3. The molecule has 100 valence electrons. The predicted octanol–water partition coefficient (Wildman–Crippen LogP) is 3.19. The zero-order chi connectivity index (χ0) is 14.2. The van der Waals surface area contributed by atoms with Gasteiger partial charge in [-0.05, 0) is 6.08 Å². The summed E-state index contributed by atoms with van der Waals surface area (Å²) in [7, 11) is 0. The first-order valence-electron chi connectivity index (χ1n) is 5.12. The summed E-state index contributed by atoms with van der Waals surface area (Å²) in [5.41, 5.74) is -1.28. The number of amides is 1. The lowest BCUT2D eigenvalue weighted by Gasteiger charge is -2.19. The molecule has 1 aliphatic heterocycles. The van der Waals surface area contributed by atoms with E-state index >= 15 is 0 Å². The Hall–Kier alpha value is -2.18. The molecular formula is C12H6F5NO. The molecule has 0 spiro atoms. The minimum atomic E-state index is -2.26. The van der Waals surface area contributed by atoms with Crippen molar-refractivity contribution in [2.24, 2.45) is 0 Å². The minimum Gasteiger partial charge on any atom is -0.282 e. The highest BCUT2D eigenvalue weighted by molar-refractivity contribution is 5.96. The van der Waals surface area contributed by atoms with E-state index in [-0.39, 0.29) is 6.42 Å². The maximum absolute atomic E-state index is 13.5. The van der Waals surface area contributed by atoms with Crippen LogP contribution in [0.3, 0.4) is 0 Å². The molecule has 2 rings (SSSR count). The van der Waals surface area contributed by atoms with Gasteiger partial charge >= 0.3 is 0 Å². The van der Waals surface area contributed by atoms with Gasteiger partial charge in [0.1, 0.15) is 5.69 Å². The standard InChI is InChI=1S/C12H6F5NO/c13-7-8(14)10(16)12(11(17)9(7)15)18-5-3-1-2-4-6(18)19/h1-3,5H,4H2. The molecule has 0 atom stereocenters. The number of nitrogens with zero attached hydrogens (tertiary/aromatic N) is 1. The molecule has 0 fully saturated rings. The number of hydrogen-bond donors (Lipinski definition) is 0. The number of anilines is 1. The molecule has 1 aromatic carbocycles. The molecule has 0 radical (unpaired) electrons. The van der Waals surface area contributed by atoms with E-state index in [1.807, 2.05) is 0 Å². The second-order valence-corrected chi connectivity index (χ2v) is 3.66. The number of halogens is 5. The van der Waals surface area contributed by atoms with Gasteiger partial charge in [-0.25, -0.2) is 22.0 Å². The molecule has 1 aliphatic rings. The summed E-state index contributed by atoms with van der Waals surface area (Å²) in [6, 6.07) is 0. The molecule has 0 unspecified atom stereocenters. The van der Waals surface area contributed by atoms with Gasteiger partial charge in [-0.15, -0.1) is 0 Å². The third-order valence-corrected chi connectivity index (χ3v) is 2.47. The Bertz CT molecular complexity index is 580. The molecule has 1 heterocycles. The van der Waals surface area contributed by atoms with E-state index < -0.39 is 40.7 Å². The van der Waals surface area contributed by atoms with Crippen molar-refractivity contribution in [2.75, 3.05) is 4.90 Å². The van der Waals surface area contributed by atoms with Crippen LogP contribution in [0.4, 0.5) is 27.6 Å². The van der Waals surface area contributed by atoms with Gasteiger partial charge in [0.2, 0.25) is 11.7 Å². The molecule has 0 bridgehead atoms. The third-order valence-electron chi connectivity index (χ3n) is 2.47. The van der Waals surface area contributed by atoms with Crippen LogP contribution in [0.1, 0.15) is 6.42 Å². The van der Waals surface area contributed by atoms with Crippen molar-refractivity contribution in [3.8, 4) is 0 Å². The van der Waals surface area contributed by atoms with Gasteiger partial charge in [-0.1, -0.05) is 12.2 Å². The van der Waals surface area contributed by atoms with Crippen molar-refractivity contribution in [1.82, 2.24) is 0 Å². The van der Waals surface area contributed by atoms with Crippen molar-refractivity contribution < 1.29 is 26.7 Å². The van der Waals surface area contributed by atoms with Gasteiger partial charge in [-0.2, -0.15) is 0 Å². The van der Waals surface area contributed by atoms with Gasteiger partial charge in [0.25, 0.3) is 0 Å². The Morgan fingerprint density at radius 2 is 1.37 bits per heavy atom. The van der Waals surface area contributed by atoms with Crippen molar-refractivity contribution >= 4 is 11.6 Å². The Balaban J connectivity index is 2.66. The lowest BCUT2D eigenvalue weighted by atomic mass is 10.2. The fourth-order valence-corrected chi connectivity index (χ4v) is 1.57. The minimum absolute atomic E-state index is 0.216. The van der Waals surface area contributed by atoms with E-state index in [1.54, 1.807) is 0 Å². The lowest BCUT2D eigenvalue weighted by molar-refractivity contribution is -0.117. The molecule has 2 nitrogen and oxygen atoms in total. The van der Waals surface area contributed by atoms with Crippen LogP contribution in [-0.2, 0) is 4.79 Å². The summed E-state index contributed by atoms with van der Waals surface area (Å²) >= 11 is 0. The van der Waals surface area contributed by atoms with Crippen LogP contribution in [0.2, 0.25) is 0 Å². The maximum atomic E-state index is 13.5. The largest absolute Gasteiger partial charge is 0.282 e. The summed E-state index contributed by atoms with van der Waals surface area (Å²) in [5, 5.41) is 0. The molecule has 1 amide bonds. The molecule has 0 saturated carbocycles. The highest BCUT2D eigenvalue weighted by atomic mass is 19.2. The number of allylic oxidation sites excluding steroid dienone is 2. The summed E-state index contributed by atoms with van der Waals surface area (Å²) in [4.78, 5) is 12.0. The SMILES string of the molecule is O=C1CC=CC=CN1c1c(F)c(F)c(F)c(F)c1F. The molecular weight excluding hydrogens is 269 g/mol. The van der Waals surface area contributed by atoms with Crippen molar-refractivity contribution in [3.63, 3.8) is 0 Å². The van der Waals surface area contributed by atoms with Crippen molar-refractivity contribution in [1.29, 1.82) is 0 Å². The quantitative estimate of drug-likeness (QED) is 0.438.